The molecule has 3 aromatic rings. The van der Waals surface area contributed by atoms with Gasteiger partial charge >= 0.3 is 6.18 Å². The molecule has 0 bridgehead atoms. The molecule has 0 fully saturated rings. The molecule has 12 heteroatoms. The number of fused-ring (bicyclic) bond motifs is 1. The van der Waals surface area contributed by atoms with E-state index in [1.807, 2.05) is 0 Å². The molecule has 2 aromatic heterocycles. The molecule has 0 amide bonds. The minimum absolute atomic E-state index is 0.181. The van der Waals surface area contributed by atoms with Crippen molar-refractivity contribution in [1.29, 1.82) is 0 Å². The smallest absolute Gasteiger partial charge is 0.239 e. The summed E-state index contributed by atoms with van der Waals surface area (Å²) in [4.78, 5) is 7.19. The Kier molecular flexibility index (Phi) is 4.62. The van der Waals surface area contributed by atoms with Crippen molar-refractivity contribution in [2.45, 2.75) is 19.9 Å². The number of aromatic nitrogens is 4. The molecular weight excluding hydrogens is 391 g/mol. The first-order valence-corrected chi connectivity index (χ1v) is 8.93. The first kappa shape index (κ1) is 17.3. The van der Waals surface area contributed by atoms with E-state index >= 15 is 0 Å². The lowest BCUT2D eigenvalue weighted by molar-refractivity contribution is -0.143. The van der Waals surface area contributed by atoms with Crippen molar-refractivity contribution >= 4 is 45.9 Å². The molecule has 4 nitrogen and oxygen atoms in total. The van der Waals surface area contributed by atoms with Crippen LogP contribution >= 0.6 is 34.9 Å². The maximum Gasteiger partial charge on any atom is 0.436 e. The summed E-state index contributed by atoms with van der Waals surface area (Å²) in [6.07, 6.45) is -3.05. The van der Waals surface area contributed by atoms with Crippen LogP contribution in [0.3, 0.4) is 0 Å². The summed E-state index contributed by atoms with van der Waals surface area (Å²) < 4.78 is 67.0. The molecule has 0 saturated carbocycles. The topological polar surface area (TPSA) is 51.6 Å². The first-order valence-electron chi connectivity index (χ1n) is 6.07. The van der Waals surface area contributed by atoms with Gasteiger partial charge in [-0.05, 0) is 18.0 Å². The minimum atomic E-state index is -4.80. The molecule has 0 aliphatic rings. The molecule has 1 aromatic carbocycles. The summed E-state index contributed by atoms with van der Waals surface area (Å²) in [5.74, 6) is -2.51. The number of thioether (sulfide) groups is 1. The molecule has 126 valence electrons. The number of hydrogen-bond donors (Lipinski definition) is 0. The lowest BCUT2D eigenvalue weighted by Crippen LogP contribution is -2.11. The largest absolute Gasteiger partial charge is 0.436 e. The lowest BCUT2D eigenvalue weighted by Gasteiger charge is -2.11. The number of alkyl halides is 3. The molecule has 3 rings (SSSR count). The van der Waals surface area contributed by atoms with E-state index in [0.717, 1.165) is 11.3 Å². The van der Waals surface area contributed by atoms with Crippen molar-refractivity contribution in [3.63, 3.8) is 0 Å². The Bertz CT molecular complexity index is 912. The van der Waals surface area contributed by atoms with E-state index in [1.165, 1.54) is 11.8 Å². The van der Waals surface area contributed by atoms with E-state index < -0.39 is 28.5 Å². The van der Waals surface area contributed by atoms with Crippen molar-refractivity contribution in [3.8, 4) is 0 Å². The summed E-state index contributed by atoms with van der Waals surface area (Å²) in [6.45, 7) is 0. The lowest BCUT2D eigenvalue weighted by atomic mass is 10.2. The number of halogens is 5. The molecule has 0 radical (unpaired) electrons. The molecular formula is C12H5F5N4S3. The van der Waals surface area contributed by atoms with E-state index in [2.05, 4.69) is 20.2 Å². The Morgan fingerprint density at radius 1 is 0.958 bits per heavy atom. The van der Waals surface area contributed by atoms with Crippen LogP contribution in [0.25, 0.3) is 11.0 Å². The van der Waals surface area contributed by atoms with Gasteiger partial charge in [0.2, 0.25) is 0 Å². The normalized spacial score (nSPS) is 12.1. The van der Waals surface area contributed by atoms with E-state index in [9.17, 15) is 22.0 Å². The van der Waals surface area contributed by atoms with Gasteiger partial charge in [0.05, 0.1) is 11.0 Å². The highest BCUT2D eigenvalue weighted by molar-refractivity contribution is 8.03. The fourth-order valence-electron chi connectivity index (χ4n) is 1.69. The van der Waals surface area contributed by atoms with Crippen LogP contribution < -0.4 is 0 Å². The van der Waals surface area contributed by atoms with Crippen LogP contribution in [0.15, 0.2) is 25.8 Å². The molecule has 0 aliphatic heterocycles. The zero-order valence-corrected chi connectivity index (χ0v) is 14.0. The van der Waals surface area contributed by atoms with E-state index in [4.69, 9.17) is 0 Å². The third kappa shape index (κ3) is 3.44. The Morgan fingerprint density at radius 3 is 2.08 bits per heavy atom. The van der Waals surface area contributed by atoms with Crippen LogP contribution in [0.5, 0.6) is 0 Å². The van der Waals surface area contributed by atoms with E-state index in [1.54, 1.807) is 6.26 Å². The predicted octanol–water partition coefficient (Wildman–Crippen LogP) is 4.65. The number of benzene rings is 1. The standard InChI is InChI=1S/C12H5F5N4S3/c1-22-10-20-21-11(24-10)23-9-8(12(15,16)17)18-6-2-4(13)5(14)3-7(6)19-9/h2-3H,1H3. The Hall–Kier alpha value is -1.53. The van der Waals surface area contributed by atoms with Crippen molar-refractivity contribution in [1.82, 2.24) is 20.2 Å². The summed E-state index contributed by atoms with van der Waals surface area (Å²) >= 11 is 3.01. The van der Waals surface area contributed by atoms with Gasteiger partial charge in [-0.25, -0.2) is 18.7 Å². The van der Waals surface area contributed by atoms with Crippen LogP contribution in [-0.2, 0) is 6.18 Å². The maximum atomic E-state index is 13.3. The van der Waals surface area contributed by atoms with Crippen LogP contribution in [-0.4, -0.2) is 26.4 Å². The van der Waals surface area contributed by atoms with Crippen LogP contribution in [0.2, 0.25) is 0 Å². The second kappa shape index (κ2) is 6.41. The predicted molar refractivity (Wildman–Crippen MR) is 80.3 cm³/mol. The van der Waals surface area contributed by atoms with Gasteiger partial charge in [-0.15, -0.1) is 10.2 Å². The Labute approximate surface area is 143 Å². The van der Waals surface area contributed by atoms with Gasteiger partial charge in [0.1, 0.15) is 5.03 Å². The van der Waals surface area contributed by atoms with Crippen molar-refractivity contribution < 1.29 is 22.0 Å². The van der Waals surface area contributed by atoms with Crippen molar-refractivity contribution in [2.75, 3.05) is 6.26 Å². The summed E-state index contributed by atoms with van der Waals surface area (Å²) in [6, 6.07) is 1.29. The SMILES string of the molecule is CSc1nnc(Sc2nc3cc(F)c(F)cc3nc2C(F)(F)F)s1. The molecule has 0 unspecified atom stereocenters. The van der Waals surface area contributed by atoms with Crippen molar-refractivity contribution in [3.05, 3.63) is 29.5 Å². The average molecular weight is 396 g/mol. The molecule has 0 atom stereocenters. The molecule has 2 heterocycles. The van der Waals surface area contributed by atoms with Crippen LogP contribution in [0.1, 0.15) is 5.69 Å². The molecule has 0 spiro atoms. The Morgan fingerprint density at radius 2 is 1.54 bits per heavy atom. The third-order valence-corrected chi connectivity index (χ3v) is 5.62. The van der Waals surface area contributed by atoms with Crippen molar-refractivity contribution in [2.24, 2.45) is 0 Å². The fraction of sp³-hybridized carbons (Fsp3) is 0.167. The number of rotatable bonds is 3. The quantitative estimate of drug-likeness (QED) is 0.474. The number of hydrogen-bond acceptors (Lipinski definition) is 7. The van der Waals surface area contributed by atoms with Gasteiger partial charge in [-0.2, -0.15) is 13.2 Å². The second-order valence-corrected chi connectivity index (χ2v) is 7.54. The zero-order valence-electron chi connectivity index (χ0n) is 11.6. The fourth-order valence-corrected chi connectivity index (χ4v) is 4.15. The summed E-state index contributed by atoms with van der Waals surface area (Å²) in [5.41, 5.74) is -1.85. The average Bonchev–Trinajstić information content (AvgIpc) is 2.95. The summed E-state index contributed by atoms with van der Waals surface area (Å²) in [5, 5.41) is 7.05. The highest BCUT2D eigenvalue weighted by atomic mass is 32.2. The minimum Gasteiger partial charge on any atom is -0.239 e. The summed E-state index contributed by atoms with van der Waals surface area (Å²) in [7, 11) is 0. The van der Waals surface area contributed by atoms with Gasteiger partial charge in [0, 0.05) is 12.1 Å². The highest BCUT2D eigenvalue weighted by Crippen LogP contribution is 2.39. The van der Waals surface area contributed by atoms with Crippen LogP contribution in [0, 0.1) is 11.6 Å². The molecule has 0 saturated heterocycles. The number of nitrogens with zero attached hydrogens (tertiary/aromatic N) is 4. The van der Waals surface area contributed by atoms with Gasteiger partial charge in [-0.3, -0.25) is 0 Å². The monoisotopic (exact) mass is 396 g/mol. The molecule has 0 N–H and O–H groups in total. The van der Waals surface area contributed by atoms with Gasteiger partial charge in [-0.1, -0.05) is 23.1 Å². The zero-order chi connectivity index (χ0) is 17.5. The van der Waals surface area contributed by atoms with Crippen LogP contribution in [0.4, 0.5) is 22.0 Å². The van der Waals surface area contributed by atoms with Gasteiger partial charge < -0.3 is 0 Å². The third-order valence-electron chi connectivity index (χ3n) is 2.69. The van der Waals surface area contributed by atoms with Gasteiger partial charge in [0.15, 0.2) is 26.0 Å². The van der Waals surface area contributed by atoms with E-state index in [-0.39, 0.29) is 15.4 Å². The molecule has 24 heavy (non-hydrogen) atoms. The van der Waals surface area contributed by atoms with Gasteiger partial charge in [0.25, 0.3) is 0 Å². The van der Waals surface area contributed by atoms with E-state index in [0.29, 0.717) is 28.2 Å². The molecule has 0 aliphatic carbocycles. The second-order valence-electron chi connectivity index (χ2n) is 4.27. The maximum absolute atomic E-state index is 13.3. The Balaban J connectivity index is 2.14. The highest BCUT2D eigenvalue weighted by Gasteiger charge is 2.37. The first-order chi connectivity index (χ1) is 11.3.